The lowest BCUT2D eigenvalue weighted by Crippen LogP contribution is -2.14. The van der Waals surface area contributed by atoms with Crippen LogP contribution >= 0.6 is 0 Å². The molecule has 1 amide bonds. The van der Waals surface area contributed by atoms with Crippen molar-refractivity contribution in [3.63, 3.8) is 0 Å². The second-order valence-electron chi connectivity index (χ2n) is 4.94. The van der Waals surface area contributed by atoms with E-state index in [1.54, 1.807) is 12.1 Å². The van der Waals surface area contributed by atoms with Gasteiger partial charge in [0.25, 0.3) is 0 Å². The van der Waals surface area contributed by atoms with E-state index in [-0.39, 0.29) is 18.8 Å². The van der Waals surface area contributed by atoms with Gasteiger partial charge >= 0.3 is 12.1 Å². The number of methoxy groups -OCH3 is 1. The highest BCUT2D eigenvalue weighted by atomic mass is 16.5. The number of amides is 1. The van der Waals surface area contributed by atoms with E-state index in [0.29, 0.717) is 11.3 Å². The van der Waals surface area contributed by atoms with Crippen LogP contribution in [0, 0.1) is 0 Å². The van der Waals surface area contributed by atoms with Crippen molar-refractivity contribution in [1.29, 1.82) is 0 Å². The number of Topliss-reactive ketones (excluding diaryl/α,β-unsaturated/α-hetero) is 1. The number of esters is 1. The summed E-state index contributed by atoms with van der Waals surface area (Å²) in [4.78, 5) is 34.6. The molecule has 0 bridgehead atoms. The lowest BCUT2D eigenvalue weighted by atomic mass is 10.1. The average Bonchev–Trinajstić information content (AvgIpc) is 2.61. The number of hydrogen-bond donors (Lipinski definition) is 1. The molecule has 0 aliphatic carbocycles. The first-order valence-electron chi connectivity index (χ1n) is 7.26. The second kappa shape index (κ2) is 8.47. The predicted molar refractivity (Wildman–Crippen MR) is 87.7 cm³/mol. The van der Waals surface area contributed by atoms with Gasteiger partial charge in [0.1, 0.15) is 13.0 Å². The van der Waals surface area contributed by atoms with Gasteiger partial charge in [-0.15, -0.1) is 0 Å². The smallest absolute Gasteiger partial charge is 0.411 e. The van der Waals surface area contributed by atoms with Gasteiger partial charge in [0.2, 0.25) is 0 Å². The molecular weight excluding hydrogens is 310 g/mol. The van der Waals surface area contributed by atoms with Crippen molar-refractivity contribution in [3.8, 4) is 0 Å². The molecule has 0 fully saturated rings. The number of nitrogens with one attached hydrogen (secondary N) is 1. The van der Waals surface area contributed by atoms with Gasteiger partial charge in [-0.2, -0.15) is 0 Å². The molecule has 6 nitrogen and oxygen atoms in total. The Morgan fingerprint density at radius 1 is 0.958 bits per heavy atom. The molecule has 0 aliphatic heterocycles. The summed E-state index contributed by atoms with van der Waals surface area (Å²) in [6.45, 7) is 0.169. The van der Waals surface area contributed by atoms with E-state index in [1.807, 2.05) is 30.3 Å². The van der Waals surface area contributed by atoms with E-state index < -0.39 is 12.1 Å². The predicted octanol–water partition coefficient (Wildman–Crippen LogP) is 3.18. The minimum atomic E-state index is -0.591. The molecule has 124 valence electrons. The molecule has 0 spiro atoms. The van der Waals surface area contributed by atoms with Crippen LogP contribution in [-0.2, 0) is 20.9 Å². The Labute approximate surface area is 139 Å². The maximum absolute atomic E-state index is 11.8. The zero-order valence-corrected chi connectivity index (χ0v) is 13.2. The third kappa shape index (κ3) is 5.24. The van der Waals surface area contributed by atoms with E-state index in [2.05, 4.69) is 10.1 Å². The minimum Gasteiger partial charge on any atom is -0.469 e. The maximum atomic E-state index is 11.8. The molecule has 0 unspecified atom stereocenters. The molecule has 2 aromatic rings. The molecule has 2 rings (SSSR count). The molecule has 1 N–H and O–H groups in total. The van der Waals surface area contributed by atoms with Crippen LogP contribution in [0.5, 0.6) is 0 Å². The van der Waals surface area contributed by atoms with Crippen molar-refractivity contribution in [1.82, 2.24) is 0 Å². The summed E-state index contributed by atoms with van der Waals surface area (Å²) >= 11 is 0. The molecule has 0 atom stereocenters. The summed E-state index contributed by atoms with van der Waals surface area (Å²) in [5.41, 5.74) is 1.74. The number of ketones is 1. The van der Waals surface area contributed by atoms with Gasteiger partial charge in [-0.1, -0.05) is 30.3 Å². The Hall–Kier alpha value is -3.15. The van der Waals surface area contributed by atoms with E-state index >= 15 is 0 Å². The van der Waals surface area contributed by atoms with E-state index in [9.17, 15) is 14.4 Å². The van der Waals surface area contributed by atoms with Crippen LogP contribution in [0.3, 0.4) is 0 Å². The van der Waals surface area contributed by atoms with Gasteiger partial charge in [-0.25, -0.2) is 4.79 Å². The highest BCUT2D eigenvalue weighted by molar-refractivity contribution is 6.06. The van der Waals surface area contributed by atoms with Gasteiger partial charge in [0.15, 0.2) is 5.78 Å². The summed E-state index contributed by atoms with van der Waals surface area (Å²) in [5.74, 6) is -0.938. The summed E-state index contributed by atoms with van der Waals surface area (Å²) < 4.78 is 9.55. The Balaban J connectivity index is 1.85. The van der Waals surface area contributed by atoms with E-state index in [4.69, 9.17) is 4.74 Å². The number of ether oxygens (including phenoxy) is 2. The number of carbonyl (C=O) groups is 3. The Kier molecular flexibility index (Phi) is 6.08. The third-order valence-corrected chi connectivity index (χ3v) is 3.20. The molecule has 6 heteroatoms. The lowest BCUT2D eigenvalue weighted by molar-refractivity contribution is -0.139. The van der Waals surface area contributed by atoms with Crippen LogP contribution in [0.4, 0.5) is 10.5 Å². The van der Waals surface area contributed by atoms with Crippen molar-refractivity contribution in [2.75, 3.05) is 12.4 Å². The maximum Gasteiger partial charge on any atom is 0.411 e. The van der Waals surface area contributed by atoms with Gasteiger partial charge in [-0.3, -0.25) is 14.9 Å². The fraction of sp³-hybridized carbons (Fsp3) is 0.167. The topological polar surface area (TPSA) is 81.7 Å². The van der Waals surface area contributed by atoms with Crippen LogP contribution in [0.25, 0.3) is 0 Å². The fourth-order valence-corrected chi connectivity index (χ4v) is 1.92. The number of rotatable bonds is 6. The van der Waals surface area contributed by atoms with Gasteiger partial charge in [0.05, 0.1) is 7.11 Å². The first-order chi connectivity index (χ1) is 11.6. The van der Waals surface area contributed by atoms with Crippen molar-refractivity contribution >= 4 is 23.5 Å². The Morgan fingerprint density at radius 2 is 1.62 bits per heavy atom. The molecule has 0 saturated carbocycles. The van der Waals surface area contributed by atoms with Crippen molar-refractivity contribution in [2.24, 2.45) is 0 Å². The standard InChI is InChI=1S/C18H17NO5/c1-23-17(21)11-16(20)14-7-9-15(10-8-14)19-18(22)24-12-13-5-3-2-4-6-13/h2-10H,11-12H2,1H3,(H,19,22). The van der Waals surface area contributed by atoms with E-state index in [0.717, 1.165) is 5.56 Å². The van der Waals surface area contributed by atoms with Crippen LogP contribution in [0.2, 0.25) is 0 Å². The quantitative estimate of drug-likeness (QED) is 0.500. The lowest BCUT2D eigenvalue weighted by Gasteiger charge is -2.07. The van der Waals surface area contributed by atoms with Crippen molar-refractivity contribution in [2.45, 2.75) is 13.0 Å². The van der Waals surface area contributed by atoms with Crippen LogP contribution in [0.1, 0.15) is 22.3 Å². The van der Waals surface area contributed by atoms with Crippen LogP contribution in [0.15, 0.2) is 54.6 Å². The first-order valence-corrected chi connectivity index (χ1v) is 7.26. The van der Waals surface area contributed by atoms with Crippen LogP contribution < -0.4 is 5.32 Å². The number of carbonyl (C=O) groups excluding carboxylic acids is 3. The highest BCUT2D eigenvalue weighted by Gasteiger charge is 2.12. The van der Waals surface area contributed by atoms with Crippen molar-refractivity contribution < 1.29 is 23.9 Å². The molecule has 0 aliphatic rings. The van der Waals surface area contributed by atoms with Gasteiger partial charge in [-0.05, 0) is 29.8 Å². The monoisotopic (exact) mass is 327 g/mol. The molecule has 24 heavy (non-hydrogen) atoms. The third-order valence-electron chi connectivity index (χ3n) is 3.20. The van der Waals surface area contributed by atoms with E-state index in [1.165, 1.54) is 19.2 Å². The number of anilines is 1. The SMILES string of the molecule is COC(=O)CC(=O)c1ccc(NC(=O)OCc2ccccc2)cc1. The summed E-state index contributed by atoms with van der Waals surface area (Å²) in [7, 11) is 1.23. The van der Waals surface area contributed by atoms with Gasteiger partial charge < -0.3 is 9.47 Å². The summed E-state index contributed by atoms with van der Waals surface area (Å²) in [5, 5.41) is 2.57. The summed E-state index contributed by atoms with van der Waals surface area (Å²) in [6.07, 6.45) is -0.907. The molecule has 0 aromatic heterocycles. The molecule has 2 aromatic carbocycles. The van der Waals surface area contributed by atoms with Crippen molar-refractivity contribution in [3.05, 3.63) is 65.7 Å². The minimum absolute atomic E-state index is 0.169. The number of hydrogen-bond acceptors (Lipinski definition) is 5. The fourth-order valence-electron chi connectivity index (χ4n) is 1.92. The zero-order chi connectivity index (χ0) is 17.4. The number of benzene rings is 2. The largest absolute Gasteiger partial charge is 0.469 e. The zero-order valence-electron chi connectivity index (χ0n) is 13.2. The first kappa shape index (κ1) is 17.2. The Bertz CT molecular complexity index is 710. The normalized spacial score (nSPS) is 9.88. The molecule has 0 saturated heterocycles. The second-order valence-corrected chi connectivity index (χ2v) is 4.94. The summed E-state index contributed by atoms with van der Waals surface area (Å²) in [6, 6.07) is 15.5. The Morgan fingerprint density at radius 3 is 2.25 bits per heavy atom. The van der Waals surface area contributed by atoms with Gasteiger partial charge in [0, 0.05) is 11.3 Å². The van der Waals surface area contributed by atoms with Crippen LogP contribution in [-0.4, -0.2) is 25.0 Å². The molecular formula is C18H17NO5. The molecule has 0 radical (unpaired) electrons. The highest BCUT2D eigenvalue weighted by Crippen LogP contribution is 2.12. The average molecular weight is 327 g/mol. The molecule has 0 heterocycles.